The summed E-state index contributed by atoms with van der Waals surface area (Å²) < 4.78 is 42.5. The van der Waals surface area contributed by atoms with Gasteiger partial charge in [0.1, 0.15) is 12.1 Å². The van der Waals surface area contributed by atoms with Gasteiger partial charge in [0.2, 0.25) is 0 Å². The van der Waals surface area contributed by atoms with Crippen molar-refractivity contribution in [2.24, 2.45) is 5.92 Å². The lowest BCUT2D eigenvalue weighted by Crippen LogP contribution is -2.42. The van der Waals surface area contributed by atoms with Gasteiger partial charge in [-0.2, -0.15) is 0 Å². The molecule has 3 aromatic rings. The normalized spacial score (nSPS) is 15.8. The standard InChI is InChI=1S/C25H27F3N6OS/c1-16-4-3-5-17(2)22(16)31-24(36)32-30-14-18-6-8-19(9-7-18)23-29-15-34(33-23)20-10-12-21(13-11-20)35-25(26,27)28/h3-5,8,10-13,15,18,30H,6-7,9,14H2,1-2H3,(H2,31,32,36). The van der Waals surface area contributed by atoms with Crippen LogP contribution in [0.25, 0.3) is 11.3 Å². The molecule has 0 fully saturated rings. The summed E-state index contributed by atoms with van der Waals surface area (Å²) >= 11 is 5.41. The first-order valence-electron chi connectivity index (χ1n) is 11.5. The Morgan fingerprint density at radius 3 is 2.50 bits per heavy atom. The number of ether oxygens (including phenoxy) is 1. The summed E-state index contributed by atoms with van der Waals surface area (Å²) in [5.74, 6) is 0.777. The third-order valence-electron chi connectivity index (χ3n) is 5.95. The Labute approximate surface area is 212 Å². The maximum absolute atomic E-state index is 12.3. The molecule has 0 bridgehead atoms. The van der Waals surface area contributed by atoms with E-state index in [1.807, 2.05) is 32.0 Å². The van der Waals surface area contributed by atoms with E-state index < -0.39 is 6.36 Å². The number of nitrogens with zero attached hydrogens (tertiary/aromatic N) is 3. The molecule has 1 unspecified atom stereocenters. The zero-order chi connectivity index (χ0) is 25.7. The summed E-state index contributed by atoms with van der Waals surface area (Å²) in [7, 11) is 0. The predicted molar refractivity (Wildman–Crippen MR) is 137 cm³/mol. The van der Waals surface area contributed by atoms with Gasteiger partial charge in [0.25, 0.3) is 0 Å². The lowest BCUT2D eigenvalue weighted by atomic mass is 9.89. The van der Waals surface area contributed by atoms with E-state index in [1.165, 1.54) is 28.9 Å². The summed E-state index contributed by atoms with van der Waals surface area (Å²) in [6.07, 6.45) is 1.65. The van der Waals surface area contributed by atoms with Crippen LogP contribution in [0.2, 0.25) is 0 Å². The molecule has 0 spiro atoms. The lowest BCUT2D eigenvalue weighted by Gasteiger charge is -2.22. The van der Waals surface area contributed by atoms with Gasteiger partial charge >= 0.3 is 6.36 Å². The van der Waals surface area contributed by atoms with Crippen LogP contribution in [0.5, 0.6) is 5.75 Å². The maximum Gasteiger partial charge on any atom is 0.573 e. The lowest BCUT2D eigenvalue weighted by molar-refractivity contribution is -0.274. The molecule has 1 heterocycles. The van der Waals surface area contributed by atoms with Crippen LogP contribution in [0.3, 0.4) is 0 Å². The van der Waals surface area contributed by atoms with Gasteiger partial charge in [-0.05, 0) is 92.2 Å². The molecule has 1 atom stereocenters. The minimum Gasteiger partial charge on any atom is -0.406 e. The van der Waals surface area contributed by atoms with Crippen LogP contribution in [0.4, 0.5) is 18.9 Å². The number of allylic oxidation sites excluding steroid dienone is 2. The van der Waals surface area contributed by atoms with Gasteiger partial charge in [-0.15, -0.1) is 18.3 Å². The number of hydrogen-bond donors (Lipinski definition) is 3. The van der Waals surface area contributed by atoms with Crippen molar-refractivity contribution in [3.05, 3.63) is 71.8 Å². The van der Waals surface area contributed by atoms with Crippen molar-refractivity contribution >= 4 is 28.6 Å². The molecule has 2 aromatic carbocycles. The van der Waals surface area contributed by atoms with Gasteiger partial charge in [0, 0.05) is 12.2 Å². The molecule has 11 heteroatoms. The first kappa shape index (κ1) is 25.6. The molecule has 7 nitrogen and oxygen atoms in total. The molecule has 3 N–H and O–H groups in total. The Morgan fingerprint density at radius 2 is 1.86 bits per heavy atom. The van der Waals surface area contributed by atoms with E-state index in [2.05, 4.69) is 37.1 Å². The van der Waals surface area contributed by atoms with Crippen LogP contribution in [0, 0.1) is 19.8 Å². The van der Waals surface area contributed by atoms with Crippen LogP contribution in [0.15, 0.2) is 54.9 Å². The van der Waals surface area contributed by atoms with Gasteiger partial charge in [-0.25, -0.2) is 15.1 Å². The van der Waals surface area contributed by atoms with Crippen LogP contribution in [-0.2, 0) is 0 Å². The molecular formula is C25H27F3N6OS. The Hall–Kier alpha value is -3.44. The molecule has 0 saturated heterocycles. The average molecular weight is 517 g/mol. The van der Waals surface area contributed by atoms with Crippen LogP contribution >= 0.6 is 12.2 Å². The van der Waals surface area contributed by atoms with E-state index in [-0.39, 0.29) is 5.75 Å². The Balaban J connectivity index is 1.25. The van der Waals surface area contributed by atoms with E-state index in [9.17, 15) is 13.2 Å². The quantitative estimate of drug-likeness (QED) is 0.285. The highest BCUT2D eigenvalue weighted by atomic mass is 32.1. The fourth-order valence-corrected chi connectivity index (χ4v) is 4.22. The van der Waals surface area contributed by atoms with Crippen molar-refractivity contribution in [2.75, 3.05) is 11.9 Å². The topological polar surface area (TPSA) is 76.0 Å². The molecule has 0 aliphatic heterocycles. The number of aromatic nitrogens is 3. The highest BCUT2D eigenvalue weighted by molar-refractivity contribution is 7.80. The molecular weight excluding hydrogens is 489 g/mol. The molecule has 4 rings (SSSR count). The van der Waals surface area contributed by atoms with Crippen molar-refractivity contribution in [1.82, 2.24) is 25.6 Å². The summed E-state index contributed by atoms with van der Waals surface area (Å²) in [5, 5.41) is 8.26. The van der Waals surface area contributed by atoms with Gasteiger partial charge in [-0.3, -0.25) is 5.43 Å². The molecule has 0 amide bonds. The monoisotopic (exact) mass is 516 g/mol. The number of aryl methyl sites for hydroxylation is 2. The molecule has 1 aliphatic carbocycles. The van der Waals surface area contributed by atoms with Crippen molar-refractivity contribution in [1.29, 1.82) is 0 Å². The number of nitrogens with one attached hydrogen (secondary N) is 3. The number of anilines is 1. The van der Waals surface area contributed by atoms with E-state index >= 15 is 0 Å². The van der Waals surface area contributed by atoms with Gasteiger partial charge in [0.15, 0.2) is 10.9 Å². The third kappa shape index (κ3) is 6.82. The number of alkyl halides is 3. The number of hydrazine groups is 1. The van der Waals surface area contributed by atoms with Gasteiger partial charge in [-0.1, -0.05) is 24.3 Å². The fraction of sp³-hybridized carbons (Fsp3) is 0.320. The smallest absolute Gasteiger partial charge is 0.406 e. The molecule has 1 aromatic heterocycles. The summed E-state index contributed by atoms with van der Waals surface area (Å²) in [4.78, 5) is 4.38. The number of benzene rings is 2. The highest BCUT2D eigenvalue weighted by Gasteiger charge is 2.31. The Bertz CT molecular complexity index is 1220. The van der Waals surface area contributed by atoms with Crippen molar-refractivity contribution < 1.29 is 17.9 Å². The SMILES string of the molecule is Cc1cccc(C)c1NC(=S)NNCC1CC=C(c2ncn(-c3ccc(OC(F)(F)F)cc3)n2)CC1. The number of halogens is 3. The molecule has 0 saturated carbocycles. The van der Waals surface area contributed by atoms with E-state index in [4.69, 9.17) is 12.2 Å². The number of thiocarbonyl (C=S) groups is 1. The first-order valence-corrected chi connectivity index (χ1v) is 11.9. The predicted octanol–water partition coefficient (Wildman–Crippen LogP) is 5.46. The van der Waals surface area contributed by atoms with Crippen LogP contribution in [-0.4, -0.2) is 32.8 Å². The minimum absolute atomic E-state index is 0.280. The first-order chi connectivity index (χ1) is 17.2. The molecule has 1 aliphatic rings. The van der Waals surface area contributed by atoms with E-state index in [0.717, 1.165) is 48.2 Å². The van der Waals surface area contributed by atoms with Crippen molar-refractivity contribution in [2.45, 2.75) is 39.5 Å². The molecule has 36 heavy (non-hydrogen) atoms. The largest absolute Gasteiger partial charge is 0.573 e. The zero-order valence-corrected chi connectivity index (χ0v) is 20.7. The number of para-hydroxylation sites is 1. The Kier molecular flexibility index (Phi) is 7.90. The third-order valence-corrected chi connectivity index (χ3v) is 6.15. The fourth-order valence-electron chi connectivity index (χ4n) is 4.04. The summed E-state index contributed by atoms with van der Waals surface area (Å²) in [6.45, 7) is 4.84. The number of hydrogen-bond acceptors (Lipinski definition) is 5. The second-order valence-electron chi connectivity index (χ2n) is 8.65. The minimum atomic E-state index is -4.72. The van der Waals surface area contributed by atoms with Gasteiger partial charge in [0.05, 0.1) is 5.69 Å². The van der Waals surface area contributed by atoms with Crippen LogP contribution < -0.4 is 20.9 Å². The summed E-state index contributed by atoms with van der Waals surface area (Å²) in [5.41, 5.74) is 11.2. The Morgan fingerprint density at radius 1 is 1.14 bits per heavy atom. The van der Waals surface area contributed by atoms with Crippen molar-refractivity contribution in [3.63, 3.8) is 0 Å². The summed E-state index contributed by atoms with van der Waals surface area (Å²) in [6, 6.07) is 11.6. The average Bonchev–Trinajstić information content (AvgIpc) is 3.32. The molecule has 0 radical (unpaired) electrons. The zero-order valence-electron chi connectivity index (χ0n) is 19.9. The van der Waals surface area contributed by atoms with E-state index in [0.29, 0.717) is 22.5 Å². The second kappa shape index (κ2) is 11.1. The van der Waals surface area contributed by atoms with Crippen molar-refractivity contribution in [3.8, 4) is 11.4 Å². The van der Waals surface area contributed by atoms with E-state index in [1.54, 1.807) is 6.33 Å². The second-order valence-corrected chi connectivity index (χ2v) is 9.06. The van der Waals surface area contributed by atoms with Gasteiger partial charge < -0.3 is 10.1 Å². The van der Waals surface area contributed by atoms with Crippen LogP contribution in [0.1, 0.15) is 36.2 Å². The maximum atomic E-state index is 12.3. The highest BCUT2D eigenvalue weighted by Crippen LogP contribution is 2.29. The number of rotatable bonds is 7. The molecule has 190 valence electrons.